The van der Waals surface area contributed by atoms with Crippen LogP contribution in [-0.2, 0) is 0 Å². The van der Waals surface area contributed by atoms with Crippen LogP contribution in [0.3, 0.4) is 0 Å². The maximum atomic E-state index is 13.2. The molecule has 0 radical (unpaired) electrons. The largest absolute Gasteiger partial charge is 0.290 e. The van der Waals surface area contributed by atoms with Gasteiger partial charge in [-0.1, -0.05) is 11.8 Å². The number of amidine groups is 1. The zero-order chi connectivity index (χ0) is 15.2. The van der Waals surface area contributed by atoms with Gasteiger partial charge in [0, 0.05) is 5.75 Å². The number of hydroxylamine groups is 1. The van der Waals surface area contributed by atoms with Crippen molar-refractivity contribution in [3.8, 4) is 0 Å². The minimum Gasteiger partial charge on any atom is -0.290 e. The van der Waals surface area contributed by atoms with Crippen LogP contribution in [0.25, 0.3) is 0 Å². The number of aliphatic imine (C=N–C) groups is 1. The van der Waals surface area contributed by atoms with E-state index >= 15 is 0 Å². The highest BCUT2D eigenvalue weighted by Gasteiger charge is 2.17. The molecule has 1 aromatic heterocycles. The van der Waals surface area contributed by atoms with Gasteiger partial charge in [-0.15, -0.1) is 0 Å². The van der Waals surface area contributed by atoms with Gasteiger partial charge in [0.15, 0.2) is 16.6 Å². The van der Waals surface area contributed by atoms with Crippen LogP contribution in [0.15, 0.2) is 37.3 Å². The van der Waals surface area contributed by atoms with Crippen molar-refractivity contribution < 1.29 is 18.6 Å². The fourth-order valence-electron chi connectivity index (χ4n) is 1.37. The highest BCUT2D eigenvalue weighted by molar-refractivity contribution is 9.10. The van der Waals surface area contributed by atoms with Crippen molar-refractivity contribution in [2.45, 2.75) is 5.03 Å². The van der Waals surface area contributed by atoms with Crippen molar-refractivity contribution in [2.75, 3.05) is 12.4 Å². The summed E-state index contributed by atoms with van der Waals surface area (Å²) in [7, 11) is 0. The Morgan fingerprint density at radius 1 is 1.48 bits per heavy atom. The van der Waals surface area contributed by atoms with Gasteiger partial charge in [-0.05, 0) is 44.4 Å². The van der Waals surface area contributed by atoms with Gasteiger partial charge in [0.25, 0.3) is 0 Å². The Morgan fingerprint density at radius 2 is 2.29 bits per heavy atom. The van der Waals surface area contributed by atoms with Gasteiger partial charge in [0.1, 0.15) is 5.82 Å². The second-order valence-electron chi connectivity index (χ2n) is 3.63. The van der Waals surface area contributed by atoms with Crippen LogP contribution in [0, 0.1) is 5.82 Å². The standard InChI is InChI=1S/C11H9BrF2N4O2S/c12-7-5-6(1-2-8(7)14)15-10(16-19)9-11(18-20-17-9)21-4-3-13/h1-2,5,19H,3-4H2,(H,15,16). The fourth-order valence-corrected chi connectivity index (χ4v) is 2.36. The number of hydrogen-bond acceptors (Lipinski definition) is 6. The van der Waals surface area contributed by atoms with Gasteiger partial charge in [-0.2, -0.15) is 0 Å². The van der Waals surface area contributed by atoms with E-state index in [9.17, 15) is 14.0 Å². The summed E-state index contributed by atoms with van der Waals surface area (Å²) in [5.74, 6) is -0.312. The number of rotatable bonds is 5. The Labute approximate surface area is 130 Å². The summed E-state index contributed by atoms with van der Waals surface area (Å²) in [6.07, 6.45) is 0. The quantitative estimate of drug-likeness (QED) is 0.360. The second-order valence-corrected chi connectivity index (χ2v) is 5.56. The van der Waals surface area contributed by atoms with Gasteiger partial charge in [0.05, 0.1) is 16.8 Å². The second kappa shape index (κ2) is 7.48. The molecule has 1 aromatic carbocycles. The van der Waals surface area contributed by atoms with Crippen LogP contribution in [-0.4, -0.2) is 33.8 Å². The third-order valence-electron chi connectivity index (χ3n) is 2.25. The highest BCUT2D eigenvalue weighted by atomic mass is 79.9. The lowest BCUT2D eigenvalue weighted by molar-refractivity contribution is 0.234. The molecule has 1 heterocycles. The van der Waals surface area contributed by atoms with E-state index in [2.05, 4.69) is 35.9 Å². The normalized spacial score (nSPS) is 11.7. The predicted molar refractivity (Wildman–Crippen MR) is 76.2 cm³/mol. The topological polar surface area (TPSA) is 83.5 Å². The lowest BCUT2D eigenvalue weighted by Gasteiger charge is -2.03. The summed E-state index contributed by atoms with van der Waals surface area (Å²) >= 11 is 4.11. The summed E-state index contributed by atoms with van der Waals surface area (Å²) in [5, 5.41) is 16.7. The molecular weight excluding hydrogens is 370 g/mol. The van der Waals surface area contributed by atoms with Crippen LogP contribution in [0.5, 0.6) is 0 Å². The minimum absolute atomic E-state index is 0.0453. The molecule has 2 aromatic rings. The smallest absolute Gasteiger partial charge is 0.186 e. The number of alkyl halides is 1. The number of aromatic nitrogens is 2. The van der Waals surface area contributed by atoms with Crippen molar-refractivity contribution in [3.05, 3.63) is 34.2 Å². The molecule has 0 atom stereocenters. The van der Waals surface area contributed by atoms with E-state index < -0.39 is 12.5 Å². The number of halogens is 3. The number of nitrogens with zero attached hydrogens (tertiary/aromatic N) is 3. The average Bonchev–Trinajstić information content (AvgIpc) is 2.94. The van der Waals surface area contributed by atoms with Crippen molar-refractivity contribution in [1.29, 1.82) is 0 Å². The third kappa shape index (κ3) is 3.99. The number of nitrogens with one attached hydrogen (secondary N) is 1. The molecule has 2 rings (SSSR count). The molecule has 0 amide bonds. The van der Waals surface area contributed by atoms with Gasteiger partial charge in [0.2, 0.25) is 0 Å². The molecule has 0 aliphatic rings. The molecule has 0 spiro atoms. The Hall–Kier alpha value is -1.52. The molecule has 0 aliphatic heterocycles. The summed E-state index contributed by atoms with van der Waals surface area (Å²) in [6, 6.07) is 4.06. The van der Waals surface area contributed by atoms with Gasteiger partial charge < -0.3 is 0 Å². The molecule has 2 N–H and O–H groups in total. The summed E-state index contributed by atoms with van der Waals surface area (Å²) < 4.78 is 30.1. The van der Waals surface area contributed by atoms with Crippen LogP contribution in [0.4, 0.5) is 14.5 Å². The van der Waals surface area contributed by atoms with Crippen LogP contribution < -0.4 is 5.48 Å². The molecule has 0 saturated carbocycles. The van der Waals surface area contributed by atoms with E-state index in [1.807, 2.05) is 5.48 Å². The minimum atomic E-state index is -0.541. The Bertz CT molecular complexity index is 653. The summed E-state index contributed by atoms with van der Waals surface area (Å²) in [6.45, 7) is -0.541. The van der Waals surface area contributed by atoms with Crippen LogP contribution in [0.1, 0.15) is 5.69 Å². The van der Waals surface area contributed by atoms with Crippen molar-refractivity contribution in [1.82, 2.24) is 15.8 Å². The van der Waals surface area contributed by atoms with E-state index in [0.717, 1.165) is 11.8 Å². The molecule has 0 bridgehead atoms. The third-order valence-corrected chi connectivity index (χ3v) is 3.76. The van der Waals surface area contributed by atoms with E-state index in [1.54, 1.807) is 0 Å². The lowest BCUT2D eigenvalue weighted by atomic mass is 10.3. The molecule has 0 unspecified atom stereocenters. The number of hydrogen-bond donors (Lipinski definition) is 2. The maximum absolute atomic E-state index is 13.2. The van der Waals surface area contributed by atoms with Crippen molar-refractivity contribution >= 4 is 39.2 Å². The Kier molecular flexibility index (Phi) is 5.65. The zero-order valence-electron chi connectivity index (χ0n) is 10.4. The number of thioether (sulfide) groups is 1. The molecule has 112 valence electrons. The van der Waals surface area contributed by atoms with Gasteiger partial charge in [-0.25, -0.2) is 14.0 Å². The molecule has 21 heavy (non-hydrogen) atoms. The van der Waals surface area contributed by atoms with E-state index in [1.165, 1.54) is 18.2 Å². The molecular formula is C11H9BrF2N4O2S. The van der Waals surface area contributed by atoms with Gasteiger partial charge in [-0.3, -0.25) is 15.1 Å². The van der Waals surface area contributed by atoms with Crippen molar-refractivity contribution in [3.63, 3.8) is 0 Å². The van der Waals surface area contributed by atoms with Crippen LogP contribution in [0.2, 0.25) is 0 Å². The Balaban J connectivity index is 2.32. The molecule has 0 aliphatic carbocycles. The van der Waals surface area contributed by atoms with Gasteiger partial charge >= 0.3 is 0 Å². The lowest BCUT2D eigenvalue weighted by Crippen LogP contribution is -2.21. The zero-order valence-corrected chi connectivity index (χ0v) is 12.8. The SMILES string of the molecule is ONC(=Nc1ccc(F)c(Br)c1)c1nonc1SCCF. The van der Waals surface area contributed by atoms with E-state index in [-0.39, 0.29) is 26.8 Å². The van der Waals surface area contributed by atoms with Crippen LogP contribution >= 0.6 is 27.7 Å². The highest BCUT2D eigenvalue weighted by Crippen LogP contribution is 2.24. The predicted octanol–water partition coefficient (Wildman–Crippen LogP) is 3.09. The summed E-state index contributed by atoms with van der Waals surface area (Å²) in [5.41, 5.74) is 2.38. The average molecular weight is 379 g/mol. The first-order valence-corrected chi connectivity index (χ1v) is 7.39. The fraction of sp³-hybridized carbons (Fsp3) is 0.182. The summed E-state index contributed by atoms with van der Waals surface area (Å²) in [4.78, 5) is 4.08. The number of benzene rings is 1. The Morgan fingerprint density at radius 3 is 2.95 bits per heavy atom. The molecule has 10 heteroatoms. The first-order chi connectivity index (χ1) is 10.2. The van der Waals surface area contributed by atoms with Crippen molar-refractivity contribution in [2.24, 2.45) is 4.99 Å². The first kappa shape index (κ1) is 15.9. The monoisotopic (exact) mass is 378 g/mol. The molecule has 0 fully saturated rings. The molecule has 6 nitrogen and oxygen atoms in total. The molecule has 0 saturated heterocycles. The first-order valence-electron chi connectivity index (χ1n) is 5.61. The van der Waals surface area contributed by atoms with E-state index in [4.69, 9.17) is 0 Å². The maximum Gasteiger partial charge on any atom is 0.186 e. The van der Waals surface area contributed by atoms with E-state index in [0.29, 0.717) is 5.69 Å².